The molecule has 2 amide bonds. The summed E-state index contributed by atoms with van der Waals surface area (Å²) in [5.41, 5.74) is 3.42. The van der Waals surface area contributed by atoms with Crippen LogP contribution in [0.15, 0.2) is 47.8 Å². The number of hydrogen-bond donors (Lipinski definition) is 1. The zero-order valence-electron chi connectivity index (χ0n) is 16.4. The Balaban J connectivity index is 1.31. The molecule has 0 atom stereocenters. The second-order valence-electron chi connectivity index (χ2n) is 6.96. The van der Waals surface area contributed by atoms with Crippen molar-refractivity contribution in [2.75, 3.05) is 16.8 Å². The van der Waals surface area contributed by atoms with Crippen LogP contribution in [0.3, 0.4) is 0 Å². The highest BCUT2D eigenvalue weighted by Crippen LogP contribution is 2.30. The Bertz CT molecular complexity index is 1080. The van der Waals surface area contributed by atoms with E-state index in [1.54, 1.807) is 36.1 Å². The average molecular weight is 442 g/mol. The smallest absolute Gasteiger partial charge is 0.230 e. The molecule has 1 aliphatic heterocycles. The highest BCUT2D eigenvalue weighted by atomic mass is 35.5. The number of nitrogens with one attached hydrogen (secondary N) is 1. The van der Waals surface area contributed by atoms with Gasteiger partial charge in [0.1, 0.15) is 17.4 Å². The van der Waals surface area contributed by atoms with E-state index in [1.165, 1.54) is 11.3 Å². The van der Waals surface area contributed by atoms with Crippen LogP contribution >= 0.6 is 22.9 Å². The molecule has 0 saturated carbocycles. The lowest BCUT2D eigenvalue weighted by Gasteiger charge is -2.15. The Morgan fingerprint density at radius 2 is 2.03 bits per heavy atom. The Morgan fingerprint density at radius 3 is 2.80 bits per heavy atom. The normalized spacial score (nSPS) is 12.5. The number of thiazole rings is 1. The van der Waals surface area contributed by atoms with Crippen LogP contribution in [0.25, 0.3) is 0 Å². The van der Waals surface area contributed by atoms with E-state index in [1.807, 2.05) is 23.6 Å². The molecule has 30 heavy (non-hydrogen) atoms. The van der Waals surface area contributed by atoms with E-state index >= 15 is 0 Å². The lowest BCUT2D eigenvalue weighted by molar-refractivity contribution is -0.117. The highest BCUT2D eigenvalue weighted by Gasteiger charge is 2.22. The number of anilines is 2. The Labute approximate surface area is 183 Å². The minimum absolute atomic E-state index is 0.0323. The molecule has 0 unspecified atom stereocenters. The van der Waals surface area contributed by atoms with Crippen molar-refractivity contribution in [1.82, 2.24) is 4.98 Å². The minimum Gasteiger partial charge on any atom is -0.486 e. The maximum atomic E-state index is 12.4. The number of aromatic nitrogens is 1. The molecule has 1 aliphatic rings. The third-order valence-electron chi connectivity index (χ3n) is 4.76. The van der Waals surface area contributed by atoms with Gasteiger partial charge >= 0.3 is 0 Å². The molecule has 8 heteroatoms. The molecule has 1 aromatic heterocycles. The first-order valence-electron chi connectivity index (χ1n) is 9.50. The van der Waals surface area contributed by atoms with Gasteiger partial charge in [-0.05, 0) is 54.4 Å². The van der Waals surface area contributed by atoms with Gasteiger partial charge in [-0.15, -0.1) is 11.3 Å². The summed E-state index contributed by atoms with van der Waals surface area (Å²) in [4.78, 5) is 30.3. The van der Waals surface area contributed by atoms with E-state index in [9.17, 15) is 9.59 Å². The average Bonchev–Trinajstić information content (AvgIpc) is 3.34. The molecular weight excluding hydrogens is 422 g/mol. The van der Waals surface area contributed by atoms with E-state index in [-0.39, 0.29) is 18.2 Å². The van der Waals surface area contributed by atoms with Gasteiger partial charge in [-0.25, -0.2) is 4.98 Å². The first kappa shape index (κ1) is 20.4. The zero-order valence-corrected chi connectivity index (χ0v) is 17.9. The standard InChI is InChI=1S/C22H20ClN3O3S/c1-14(27)26-9-8-15-10-17(4-7-20(15)26)24-21(28)11-18-13-30-22(25-18)12-29-19-5-2-16(23)3-6-19/h2-7,10,13H,8-9,11-12H2,1H3,(H,24,28). The Morgan fingerprint density at radius 1 is 1.23 bits per heavy atom. The lowest BCUT2D eigenvalue weighted by Crippen LogP contribution is -2.25. The number of benzene rings is 2. The molecule has 3 aromatic rings. The van der Waals surface area contributed by atoms with Crippen LogP contribution in [0.1, 0.15) is 23.2 Å². The van der Waals surface area contributed by atoms with E-state index in [0.717, 1.165) is 28.4 Å². The molecule has 0 radical (unpaired) electrons. The summed E-state index contributed by atoms with van der Waals surface area (Å²) in [5, 5.41) is 6.24. The maximum Gasteiger partial charge on any atom is 0.230 e. The molecule has 0 fully saturated rings. The second kappa shape index (κ2) is 8.85. The van der Waals surface area contributed by atoms with Crippen LogP contribution in [0.2, 0.25) is 5.02 Å². The van der Waals surface area contributed by atoms with Crippen LogP contribution in [-0.4, -0.2) is 23.3 Å². The quantitative estimate of drug-likeness (QED) is 0.612. The molecule has 0 saturated heterocycles. The summed E-state index contributed by atoms with van der Waals surface area (Å²) in [7, 11) is 0. The summed E-state index contributed by atoms with van der Waals surface area (Å²) < 4.78 is 5.69. The van der Waals surface area contributed by atoms with Crippen LogP contribution < -0.4 is 15.0 Å². The molecule has 6 nitrogen and oxygen atoms in total. The van der Waals surface area contributed by atoms with Gasteiger partial charge in [0.2, 0.25) is 11.8 Å². The second-order valence-corrected chi connectivity index (χ2v) is 8.34. The predicted molar refractivity (Wildman–Crippen MR) is 118 cm³/mol. The van der Waals surface area contributed by atoms with Crippen molar-refractivity contribution in [3.63, 3.8) is 0 Å². The fourth-order valence-corrected chi connectivity index (χ4v) is 4.18. The third kappa shape index (κ3) is 4.80. The van der Waals surface area contributed by atoms with Gasteiger partial charge in [0.15, 0.2) is 0 Å². The largest absolute Gasteiger partial charge is 0.486 e. The number of amides is 2. The predicted octanol–water partition coefficient (Wildman–Crippen LogP) is 4.47. The summed E-state index contributed by atoms with van der Waals surface area (Å²) in [6.45, 7) is 2.58. The van der Waals surface area contributed by atoms with Gasteiger partial charge in [0, 0.05) is 35.2 Å². The summed E-state index contributed by atoms with van der Waals surface area (Å²) in [6, 6.07) is 12.8. The number of nitrogens with zero attached hydrogens (tertiary/aromatic N) is 2. The first-order valence-corrected chi connectivity index (χ1v) is 10.8. The molecule has 2 heterocycles. The summed E-state index contributed by atoms with van der Waals surface area (Å²) in [6.07, 6.45) is 0.982. The van der Waals surface area contributed by atoms with Gasteiger partial charge in [-0.1, -0.05) is 11.6 Å². The van der Waals surface area contributed by atoms with Gasteiger partial charge in [-0.2, -0.15) is 0 Å². The molecule has 0 aliphatic carbocycles. The van der Waals surface area contributed by atoms with Crippen LogP contribution in [-0.2, 0) is 29.0 Å². The minimum atomic E-state index is -0.133. The van der Waals surface area contributed by atoms with Crippen molar-refractivity contribution in [3.8, 4) is 5.75 Å². The number of carbonyl (C=O) groups is 2. The van der Waals surface area contributed by atoms with E-state index in [0.29, 0.717) is 29.6 Å². The maximum absolute atomic E-state index is 12.4. The van der Waals surface area contributed by atoms with Gasteiger partial charge in [0.25, 0.3) is 0 Å². The van der Waals surface area contributed by atoms with Crippen molar-refractivity contribution in [2.24, 2.45) is 0 Å². The van der Waals surface area contributed by atoms with Crippen LogP contribution in [0.5, 0.6) is 5.75 Å². The van der Waals surface area contributed by atoms with E-state index < -0.39 is 0 Å². The lowest BCUT2D eigenvalue weighted by atomic mass is 10.1. The van der Waals surface area contributed by atoms with Crippen molar-refractivity contribution in [3.05, 3.63) is 69.1 Å². The monoisotopic (exact) mass is 441 g/mol. The first-order chi connectivity index (χ1) is 14.5. The Kier molecular flexibility index (Phi) is 6.01. The fourth-order valence-electron chi connectivity index (χ4n) is 3.35. The number of fused-ring (bicyclic) bond motifs is 1. The molecule has 2 aromatic carbocycles. The van der Waals surface area contributed by atoms with Crippen LogP contribution in [0.4, 0.5) is 11.4 Å². The van der Waals surface area contributed by atoms with E-state index in [2.05, 4.69) is 10.3 Å². The molecule has 154 valence electrons. The molecule has 0 bridgehead atoms. The number of halogens is 1. The molecule has 1 N–H and O–H groups in total. The zero-order chi connectivity index (χ0) is 21.1. The van der Waals surface area contributed by atoms with Crippen molar-refractivity contribution >= 4 is 46.1 Å². The Hall–Kier alpha value is -2.90. The highest BCUT2D eigenvalue weighted by molar-refractivity contribution is 7.09. The number of rotatable bonds is 6. The molecule has 4 rings (SSSR count). The number of hydrogen-bond acceptors (Lipinski definition) is 5. The molecule has 0 spiro atoms. The molecular formula is C22H20ClN3O3S. The van der Waals surface area contributed by atoms with Gasteiger partial charge < -0.3 is 15.0 Å². The number of ether oxygens (including phenoxy) is 1. The van der Waals surface area contributed by atoms with Gasteiger partial charge in [-0.3, -0.25) is 9.59 Å². The number of carbonyl (C=O) groups excluding carboxylic acids is 2. The van der Waals surface area contributed by atoms with Crippen LogP contribution in [0, 0.1) is 0 Å². The van der Waals surface area contributed by atoms with Gasteiger partial charge in [0.05, 0.1) is 12.1 Å². The summed E-state index contributed by atoms with van der Waals surface area (Å²) >= 11 is 7.33. The SMILES string of the molecule is CC(=O)N1CCc2cc(NC(=O)Cc3csc(COc4ccc(Cl)cc4)n3)ccc21. The third-order valence-corrected chi connectivity index (χ3v) is 5.88. The van der Waals surface area contributed by atoms with E-state index in [4.69, 9.17) is 16.3 Å². The summed E-state index contributed by atoms with van der Waals surface area (Å²) in [5.74, 6) is 0.616. The fraction of sp³-hybridized carbons (Fsp3) is 0.227. The van der Waals surface area contributed by atoms with Crippen molar-refractivity contribution < 1.29 is 14.3 Å². The van der Waals surface area contributed by atoms with Crippen molar-refractivity contribution in [2.45, 2.75) is 26.4 Å². The topological polar surface area (TPSA) is 71.5 Å². The van der Waals surface area contributed by atoms with Crippen molar-refractivity contribution in [1.29, 1.82) is 0 Å².